The summed E-state index contributed by atoms with van der Waals surface area (Å²) in [6.07, 6.45) is 0.954. The van der Waals surface area contributed by atoms with Crippen LogP contribution in [0, 0.1) is 0 Å². The van der Waals surface area contributed by atoms with Gasteiger partial charge in [0.25, 0.3) is 0 Å². The summed E-state index contributed by atoms with van der Waals surface area (Å²) in [7, 11) is 1.39. The molecule has 1 unspecified atom stereocenters. The molecule has 0 bridgehead atoms. The minimum atomic E-state index is -0.307. The Morgan fingerprint density at radius 3 is 2.78 bits per heavy atom. The molecule has 0 radical (unpaired) electrons. The number of carbonyl (C=O) groups is 1. The third kappa shape index (κ3) is 2.34. The smallest absolute Gasteiger partial charge is 0.337 e. The van der Waals surface area contributed by atoms with Crippen molar-refractivity contribution in [3.8, 4) is 0 Å². The molecule has 0 spiro atoms. The Hall–Kier alpha value is -1.55. The van der Waals surface area contributed by atoms with E-state index in [-0.39, 0.29) is 17.6 Å². The number of hydrogen-bond acceptors (Lipinski definition) is 4. The van der Waals surface area contributed by atoms with Crippen LogP contribution in [0.5, 0.6) is 0 Å². The molecule has 1 aliphatic heterocycles. The van der Waals surface area contributed by atoms with Gasteiger partial charge in [0.05, 0.1) is 12.7 Å². The second-order valence-corrected chi connectivity index (χ2v) is 5.43. The highest BCUT2D eigenvalue weighted by atomic mass is 16.5. The maximum absolute atomic E-state index is 11.5. The van der Waals surface area contributed by atoms with Crippen molar-refractivity contribution in [3.63, 3.8) is 0 Å². The maximum atomic E-state index is 11.5. The summed E-state index contributed by atoms with van der Waals surface area (Å²) in [6, 6.07) is 7.69. The molecule has 0 saturated carbocycles. The van der Waals surface area contributed by atoms with Gasteiger partial charge in [-0.25, -0.2) is 4.79 Å². The van der Waals surface area contributed by atoms with Crippen LogP contribution in [0.4, 0.5) is 5.69 Å². The van der Waals surface area contributed by atoms with E-state index in [1.165, 1.54) is 7.11 Å². The summed E-state index contributed by atoms with van der Waals surface area (Å²) in [5.41, 5.74) is 7.65. The number of nitrogens with two attached hydrogens (primary N) is 1. The number of rotatable bonds is 2. The van der Waals surface area contributed by atoms with Crippen molar-refractivity contribution in [1.82, 2.24) is 0 Å². The van der Waals surface area contributed by atoms with Gasteiger partial charge in [-0.1, -0.05) is 6.07 Å². The Morgan fingerprint density at radius 2 is 2.22 bits per heavy atom. The number of ether oxygens (including phenoxy) is 1. The minimum absolute atomic E-state index is 0.0220. The van der Waals surface area contributed by atoms with Crippen LogP contribution < -0.4 is 10.6 Å². The average molecular weight is 248 g/mol. The molecule has 1 aromatic carbocycles. The third-order valence-corrected chi connectivity index (χ3v) is 3.49. The Bertz CT molecular complexity index is 457. The molecule has 4 heteroatoms. The van der Waals surface area contributed by atoms with Crippen LogP contribution >= 0.6 is 0 Å². The Balaban J connectivity index is 2.31. The maximum Gasteiger partial charge on any atom is 0.337 e. The second-order valence-electron chi connectivity index (χ2n) is 5.43. The molecule has 0 aliphatic carbocycles. The molecule has 1 saturated heterocycles. The monoisotopic (exact) mass is 248 g/mol. The lowest BCUT2D eigenvalue weighted by Gasteiger charge is -2.33. The van der Waals surface area contributed by atoms with Crippen molar-refractivity contribution in [2.45, 2.75) is 31.8 Å². The third-order valence-electron chi connectivity index (χ3n) is 3.49. The fourth-order valence-electron chi connectivity index (χ4n) is 2.67. The van der Waals surface area contributed by atoms with Crippen LogP contribution in [0.2, 0.25) is 0 Å². The van der Waals surface area contributed by atoms with Crippen LogP contribution in [0.3, 0.4) is 0 Å². The quantitative estimate of drug-likeness (QED) is 0.811. The van der Waals surface area contributed by atoms with Crippen LogP contribution in [0.25, 0.3) is 0 Å². The summed E-state index contributed by atoms with van der Waals surface area (Å²) < 4.78 is 4.74. The topological polar surface area (TPSA) is 55.6 Å². The predicted molar refractivity (Wildman–Crippen MR) is 71.8 cm³/mol. The lowest BCUT2D eigenvalue weighted by Crippen LogP contribution is -2.38. The summed E-state index contributed by atoms with van der Waals surface area (Å²) in [6.45, 7) is 5.16. The van der Waals surface area contributed by atoms with E-state index < -0.39 is 0 Å². The molecule has 2 N–H and O–H groups in total. The zero-order valence-corrected chi connectivity index (χ0v) is 11.1. The molecule has 1 fully saturated rings. The average Bonchev–Trinajstić information content (AvgIpc) is 2.61. The first-order valence-corrected chi connectivity index (χ1v) is 6.15. The summed E-state index contributed by atoms with van der Waals surface area (Å²) in [4.78, 5) is 13.8. The number of carbonyl (C=O) groups excluding carboxylic acids is 1. The van der Waals surface area contributed by atoms with Crippen molar-refractivity contribution in [1.29, 1.82) is 0 Å². The van der Waals surface area contributed by atoms with E-state index in [1.807, 2.05) is 18.2 Å². The number of esters is 1. The lowest BCUT2D eigenvalue weighted by molar-refractivity contribution is 0.0600. The van der Waals surface area contributed by atoms with Gasteiger partial charge >= 0.3 is 5.97 Å². The Morgan fingerprint density at radius 1 is 1.50 bits per heavy atom. The van der Waals surface area contributed by atoms with E-state index in [2.05, 4.69) is 18.7 Å². The fraction of sp³-hybridized carbons (Fsp3) is 0.500. The SMILES string of the molecule is COC(=O)c1cccc(N2CC(N)CC2(C)C)c1. The minimum Gasteiger partial charge on any atom is -0.465 e. The molecule has 2 rings (SSSR count). The second kappa shape index (κ2) is 4.61. The molecule has 1 heterocycles. The molecular formula is C14H20N2O2. The van der Waals surface area contributed by atoms with Gasteiger partial charge in [0.2, 0.25) is 0 Å². The van der Waals surface area contributed by atoms with Crippen LogP contribution in [-0.4, -0.2) is 31.2 Å². The highest BCUT2D eigenvalue weighted by Crippen LogP contribution is 2.33. The summed E-state index contributed by atoms with van der Waals surface area (Å²) in [5.74, 6) is -0.307. The predicted octanol–water partition coefficient (Wildman–Crippen LogP) is 1.79. The van der Waals surface area contributed by atoms with E-state index in [1.54, 1.807) is 6.07 Å². The molecule has 0 amide bonds. The van der Waals surface area contributed by atoms with Gasteiger partial charge in [0.15, 0.2) is 0 Å². The van der Waals surface area contributed by atoms with E-state index in [0.29, 0.717) is 5.56 Å². The molecular weight excluding hydrogens is 228 g/mol. The van der Waals surface area contributed by atoms with Crippen LogP contribution in [0.1, 0.15) is 30.6 Å². The first-order valence-electron chi connectivity index (χ1n) is 6.15. The molecule has 1 atom stereocenters. The fourth-order valence-corrected chi connectivity index (χ4v) is 2.67. The van der Waals surface area contributed by atoms with Crippen LogP contribution in [-0.2, 0) is 4.74 Å². The molecule has 18 heavy (non-hydrogen) atoms. The van der Waals surface area contributed by atoms with Crippen molar-refractivity contribution in [3.05, 3.63) is 29.8 Å². The highest BCUT2D eigenvalue weighted by Gasteiger charge is 2.36. The molecule has 1 aliphatic rings. The van der Waals surface area contributed by atoms with Gasteiger partial charge in [-0.3, -0.25) is 0 Å². The summed E-state index contributed by atoms with van der Waals surface area (Å²) >= 11 is 0. The van der Waals surface area contributed by atoms with Gasteiger partial charge in [0.1, 0.15) is 0 Å². The van der Waals surface area contributed by atoms with Gasteiger partial charge in [-0.05, 0) is 38.5 Å². The number of benzene rings is 1. The molecule has 0 aromatic heterocycles. The molecule has 98 valence electrons. The van der Waals surface area contributed by atoms with Crippen LogP contribution in [0.15, 0.2) is 24.3 Å². The zero-order valence-electron chi connectivity index (χ0n) is 11.1. The van der Waals surface area contributed by atoms with Gasteiger partial charge in [-0.2, -0.15) is 0 Å². The number of nitrogens with zero attached hydrogens (tertiary/aromatic N) is 1. The van der Waals surface area contributed by atoms with Crippen molar-refractivity contribution < 1.29 is 9.53 Å². The van der Waals surface area contributed by atoms with E-state index in [4.69, 9.17) is 10.5 Å². The largest absolute Gasteiger partial charge is 0.465 e. The number of anilines is 1. The van der Waals surface area contributed by atoms with Gasteiger partial charge < -0.3 is 15.4 Å². The normalized spacial score (nSPS) is 22.0. The van der Waals surface area contributed by atoms with Crippen molar-refractivity contribution in [2.75, 3.05) is 18.6 Å². The first-order chi connectivity index (χ1) is 8.44. The zero-order chi connectivity index (χ0) is 13.3. The Kier molecular flexibility index (Phi) is 3.30. The van der Waals surface area contributed by atoms with E-state index in [9.17, 15) is 4.79 Å². The first kappa shape index (κ1) is 12.9. The Labute approximate surface area is 108 Å². The van der Waals surface area contributed by atoms with Crippen molar-refractivity contribution >= 4 is 11.7 Å². The van der Waals surface area contributed by atoms with Gasteiger partial charge in [-0.15, -0.1) is 0 Å². The van der Waals surface area contributed by atoms with E-state index >= 15 is 0 Å². The number of methoxy groups -OCH3 is 1. The van der Waals surface area contributed by atoms with Crippen molar-refractivity contribution in [2.24, 2.45) is 5.73 Å². The standard InChI is InChI=1S/C14H20N2O2/c1-14(2)8-11(15)9-16(14)12-6-4-5-10(7-12)13(17)18-3/h4-7,11H,8-9,15H2,1-3H3. The number of hydrogen-bond donors (Lipinski definition) is 1. The molecule has 4 nitrogen and oxygen atoms in total. The summed E-state index contributed by atoms with van der Waals surface area (Å²) in [5, 5.41) is 0. The molecule has 1 aromatic rings. The van der Waals surface area contributed by atoms with Gasteiger partial charge in [0, 0.05) is 23.8 Å². The van der Waals surface area contributed by atoms with E-state index in [0.717, 1.165) is 18.7 Å². The lowest BCUT2D eigenvalue weighted by atomic mass is 10.00. The highest BCUT2D eigenvalue weighted by molar-refractivity contribution is 5.90.